The number of nitrogens with zero attached hydrogens (tertiary/aromatic N) is 4. The zero-order valence-electron chi connectivity index (χ0n) is 13.7. The summed E-state index contributed by atoms with van der Waals surface area (Å²) in [5.41, 5.74) is 1.99. The minimum Gasteiger partial charge on any atom is -0.350 e. The number of thiazole rings is 2. The Morgan fingerprint density at radius 2 is 2.21 bits per heavy atom. The molecular weight excluding hydrogens is 362 g/mol. The molecule has 0 aliphatic carbocycles. The van der Waals surface area contributed by atoms with Crippen LogP contribution >= 0.6 is 34.3 Å². The van der Waals surface area contributed by atoms with Gasteiger partial charge in [0, 0.05) is 24.5 Å². The summed E-state index contributed by atoms with van der Waals surface area (Å²) in [4.78, 5) is 15.5. The fourth-order valence-electron chi connectivity index (χ4n) is 2.36. The van der Waals surface area contributed by atoms with E-state index in [0.29, 0.717) is 11.6 Å². The molecule has 126 valence electrons. The topological polar surface area (TPSA) is 53.4 Å². The molecule has 5 nitrogen and oxygen atoms in total. The monoisotopic (exact) mass is 379 g/mol. The van der Waals surface area contributed by atoms with E-state index in [1.165, 1.54) is 0 Å². The van der Waals surface area contributed by atoms with Crippen LogP contribution in [0.4, 0.5) is 0 Å². The average molecular weight is 380 g/mol. The third-order valence-corrected chi connectivity index (χ3v) is 5.52. The number of guanidine groups is 1. The Hall–Kier alpha value is -1.70. The molecule has 0 saturated carbocycles. The molecule has 1 N–H and O–H groups in total. The number of hydrogen-bond donors (Lipinski definition) is 1. The van der Waals surface area contributed by atoms with E-state index in [0.717, 1.165) is 38.4 Å². The van der Waals surface area contributed by atoms with Gasteiger partial charge in [0.2, 0.25) is 0 Å². The Morgan fingerprint density at radius 1 is 1.38 bits per heavy atom. The van der Waals surface area contributed by atoms with Crippen LogP contribution in [0.15, 0.2) is 28.6 Å². The second-order valence-electron chi connectivity index (χ2n) is 5.33. The minimum atomic E-state index is 0.629. The van der Waals surface area contributed by atoms with Gasteiger partial charge in [0.1, 0.15) is 5.01 Å². The SMILES string of the molecule is CN=C(NCc1nc2cc(Cl)ccc2s1)N(C)Cc1csc(C)n1. The van der Waals surface area contributed by atoms with Crippen LogP contribution in [0, 0.1) is 6.92 Å². The number of aromatic nitrogens is 2. The lowest BCUT2D eigenvalue weighted by Crippen LogP contribution is -2.38. The van der Waals surface area contributed by atoms with Gasteiger partial charge < -0.3 is 10.2 Å². The Bertz CT molecular complexity index is 870. The molecule has 0 aliphatic heterocycles. The Balaban J connectivity index is 1.64. The second-order valence-corrected chi connectivity index (χ2v) is 7.95. The van der Waals surface area contributed by atoms with Gasteiger partial charge in [0.25, 0.3) is 0 Å². The molecule has 0 aliphatic rings. The van der Waals surface area contributed by atoms with Crippen LogP contribution in [-0.2, 0) is 13.1 Å². The van der Waals surface area contributed by atoms with Gasteiger partial charge in [-0.15, -0.1) is 22.7 Å². The first-order valence-electron chi connectivity index (χ1n) is 7.43. The van der Waals surface area contributed by atoms with Gasteiger partial charge in [-0.2, -0.15) is 0 Å². The van der Waals surface area contributed by atoms with E-state index >= 15 is 0 Å². The largest absolute Gasteiger partial charge is 0.350 e. The van der Waals surface area contributed by atoms with Crippen molar-refractivity contribution in [3.8, 4) is 0 Å². The molecule has 24 heavy (non-hydrogen) atoms. The lowest BCUT2D eigenvalue weighted by molar-refractivity contribution is 0.470. The van der Waals surface area contributed by atoms with Crippen LogP contribution in [0.25, 0.3) is 10.2 Å². The van der Waals surface area contributed by atoms with Gasteiger partial charge in [-0.1, -0.05) is 11.6 Å². The molecule has 0 amide bonds. The summed E-state index contributed by atoms with van der Waals surface area (Å²) in [5, 5.41) is 8.23. The van der Waals surface area contributed by atoms with E-state index in [-0.39, 0.29) is 0 Å². The molecule has 0 spiro atoms. The highest BCUT2D eigenvalue weighted by Gasteiger charge is 2.10. The molecular formula is C16H18ClN5S2. The summed E-state index contributed by atoms with van der Waals surface area (Å²) >= 11 is 9.34. The highest BCUT2D eigenvalue weighted by atomic mass is 35.5. The molecule has 0 fully saturated rings. The lowest BCUT2D eigenvalue weighted by atomic mass is 10.3. The highest BCUT2D eigenvalue weighted by Crippen LogP contribution is 2.24. The molecule has 0 unspecified atom stereocenters. The molecule has 3 rings (SSSR count). The van der Waals surface area contributed by atoms with E-state index < -0.39 is 0 Å². The Kier molecular flexibility index (Phi) is 5.33. The quantitative estimate of drug-likeness (QED) is 0.551. The fraction of sp³-hybridized carbons (Fsp3) is 0.312. The van der Waals surface area contributed by atoms with E-state index in [4.69, 9.17) is 11.6 Å². The maximum Gasteiger partial charge on any atom is 0.194 e. The molecule has 0 atom stereocenters. The summed E-state index contributed by atoms with van der Waals surface area (Å²) in [6, 6.07) is 5.79. The van der Waals surface area contributed by atoms with Crippen molar-refractivity contribution in [1.29, 1.82) is 0 Å². The van der Waals surface area contributed by atoms with Gasteiger partial charge in [-0.3, -0.25) is 4.99 Å². The first-order valence-corrected chi connectivity index (χ1v) is 9.50. The smallest absolute Gasteiger partial charge is 0.194 e. The van der Waals surface area contributed by atoms with Crippen molar-refractivity contribution in [3.05, 3.63) is 44.3 Å². The first kappa shape index (κ1) is 17.1. The van der Waals surface area contributed by atoms with Gasteiger partial charge in [-0.25, -0.2) is 9.97 Å². The van der Waals surface area contributed by atoms with E-state index in [2.05, 4.69) is 30.6 Å². The highest BCUT2D eigenvalue weighted by molar-refractivity contribution is 7.18. The zero-order valence-corrected chi connectivity index (χ0v) is 16.1. The van der Waals surface area contributed by atoms with Crippen LogP contribution in [0.5, 0.6) is 0 Å². The van der Waals surface area contributed by atoms with Gasteiger partial charge in [0.05, 0.1) is 34.0 Å². The Morgan fingerprint density at radius 3 is 2.92 bits per heavy atom. The lowest BCUT2D eigenvalue weighted by Gasteiger charge is -2.20. The van der Waals surface area contributed by atoms with Crippen molar-refractivity contribution in [2.24, 2.45) is 4.99 Å². The number of aliphatic imine (C=N–C) groups is 1. The summed E-state index contributed by atoms with van der Waals surface area (Å²) in [6.07, 6.45) is 0. The number of hydrogen-bond acceptors (Lipinski definition) is 5. The number of halogens is 1. The van der Waals surface area contributed by atoms with Gasteiger partial charge >= 0.3 is 0 Å². The maximum atomic E-state index is 6.02. The van der Waals surface area contributed by atoms with Crippen LogP contribution < -0.4 is 5.32 Å². The van der Waals surface area contributed by atoms with Crippen LogP contribution in [0.2, 0.25) is 5.02 Å². The summed E-state index contributed by atoms with van der Waals surface area (Å²) in [6.45, 7) is 3.37. The van der Waals surface area contributed by atoms with Crippen molar-refractivity contribution in [2.45, 2.75) is 20.0 Å². The summed E-state index contributed by atoms with van der Waals surface area (Å²) < 4.78 is 1.14. The number of fused-ring (bicyclic) bond motifs is 1. The molecule has 0 saturated heterocycles. The van der Waals surface area contributed by atoms with Gasteiger partial charge in [0.15, 0.2) is 5.96 Å². The molecule has 0 bridgehead atoms. The maximum absolute atomic E-state index is 6.02. The molecule has 2 heterocycles. The van der Waals surface area contributed by atoms with E-state index in [1.807, 2.05) is 32.2 Å². The normalized spacial score (nSPS) is 11.9. The van der Waals surface area contributed by atoms with Crippen LogP contribution in [0.3, 0.4) is 0 Å². The number of aryl methyl sites for hydroxylation is 1. The number of rotatable bonds is 4. The first-order chi connectivity index (χ1) is 11.5. The molecule has 1 aromatic carbocycles. The third-order valence-electron chi connectivity index (χ3n) is 3.43. The van der Waals surface area contributed by atoms with Crippen LogP contribution in [-0.4, -0.2) is 34.9 Å². The molecule has 0 radical (unpaired) electrons. The van der Waals surface area contributed by atoms with Crippen molar-refractivity contribution >= 4 is 50.5 Å². The standard InChI is InChI=1S/C16H18ClN5S2/c1-10-20-12(9-23-10)8-22(3)16(18-2)19-7-15-21-13-6-11(17)4-5-14(13)24-15/h4-6,9H,7-8H2,1-3H3,(H,18,19). The summed E-state index contributed by atoms with van der Waals surface area (Å²) in [7, 11) is 3.78. The molecule has 3 aromatic rings. The molecule has 2 aromatic heterocycles. The molecule has 8 heteroatoms. The minimum absolute atomic E-state index is 0.629. The van der Waals surface area contributed by atoms with Crippen molar-refractivity contribution in [3.63, 3.8) is 0 Å². The summed E-state index contributed by atoms with van der Waals surface area (Å²) in [5.74, 6) is 0.818. The second kappa shape index (κ2) is 7.46. The van der Waals surface area contributed by atoms with Gasteiger partial charge in [-0.05, 0) is 25.1 Å². The fourth-order valence-corrected chi connectivity index (χ4v) is 4.02. The third kappa shape index (κ3) is 4.03. The van der Waals surface area contributed by atoms with Crippen molar-refractivity contribution in [1.82, 2.24) is 20.2 Å². The predicted molar refractivity (Wildman–Crippen MR) is 103 cm³/mol. The number of benzene rings is 1. The van der Waals surface area contributed by atoms with E-state index in [9.17, 15) is 0 Å². The predicted octanol–water partition coefficient (Wildman–Crippen LogP) is 3.92. The zero-order chi connectivity index (χ0) is 17.1. The average Bonchev–Trinajstić information content (AvgIpc) is 3.13. The van der Waals surface area contributed by atoms with Crippen molar-refractivity contribution in [2.75, 3.05) is 14.1 Å². The van der Waals surface area contributed by atoms with E-state index in [1.54, 1.807) is 29.7 Å². The van der Waals surface area contributed by atoms with Crippen LogP contribution in [0.1, 0.15) is 15.7 Å². The number of nitrogens with one attached hydrogen (secondary N) is 1. The Labute approximate surface area is 154 Å². The van der Waals surface area contributed by atoms with Crippen molar-refractivity contribution < 1.29 is 0 Å².